The van der Waals surface area contributed by atoms with Gasteiger partial charge in [0, 0.05) is 19.2 Å². The van der Waals surface area contributed by atoms with Crippen molar-refractivity contribution < 1.29 is 23.6 Å². The number of nitrogens with zero attached hydrogens (tertiary/aromatic N) is 2. The summed E-state index contributed by atoms with van der Waals surface area (Å²) in [6, 6.07) is 1.35. The number of aliphatic hydroxyl groups excluding tert-OH is 1. The first kappa shape index (κ1) is 13.3. The number of nitro benzene ring substituents is 1. The van der Waals surface area contributed by atoms with E-state index in [2.05, 4.69) is 0 Å². The largest absolute Gasteiger partial charge is 0.391 e. The molecule has 0 bridgehead atoms. The van der Waals surface area contributed by atoms with Gasteiger partial charge in [0.1, 0.15) is 11.4 Å². The summed E-state index contributed by atoms with van der Waals surface area (Å²) in [6.45, 7) is 0.113. The second kappa shape index (κ2) is 4.88. The molecule has 1 aliphatic heterocycles. The lowest BCUT2D eigenvalue weighted by Gasteiger charge is -2.16. The van der Waals surface area contributed by atoms with Crippen molar-refractivity contribution in [3.63, 3.8) is 0 Å². The first-order chi connectivity index (χ1) is 8.91. The summed E-state index contributed by atoms with van der Waals surface area (Å²) >= 11 is 0. The molecule has 8 heteroatoms. The quantitative estimate of drug-likeness (QED) is 0.645. The smallest absolute Gasteiger partial charge is 0.305 e. The van der Waals surface area contributed by atoms with E-state index in [1.54, 1.807) is 0 Å². The van der Waals surface area contributed by atoms with Crippen LogP contribution in [0.2, 0.25) is 0 Å². The van der Waals surface area contributed by atoms with Gasteiger partial charge in [0.15, 0.2) is 0 Å². The molecule has 0 aliphatic carbocycles. The monoisotopic (exact) mass is 272 g/mol. The van der Waals surface area contributed by atoms with E-state index in [1.807, 2.05) is 0 Å². The summed E-state index contributed by atoms with van der Waals surface area (Å²) in [4.78, 5) is 22.5. The van der Waals surface area contributed by atoms with Crippen molar-refractivity contribution in [1.82, 2.24) is 4.90 Å². The summed E-state index contributed by atoms with van der Waals surface area (Å²) in [5.74, 6) is -3.64. The normalized spacial score (nSPS) is 18.7. The highest BCUT2D eigenvalue weighted by molar-refractivity contribution is 5.95. The zero-order valence-electron chi connectivity index (χ0n) is 9.68. The number of carbonyl (C=O) groups excluding carboxylic acids is 1. The van der Waals surface area contributed by atoms with Gasteiger partial charge < -0.3 is 10.0 Å². The van der Waals surface area contributed by atoms with Crippen LogP contribution in [0.3, 0.4) is 0 Å². The Kier molecular flexibility index (Phi) is 3.43. The van der Waals surface area contributed by atoms with E-state index in [9.17, 15) is 28.8 Å². The highest BCUT2D eigenvalue weighted by Crippen LogP contribution is 2.25. The third-order valence-electron chi connectivity index (χ3n) is 2.93. The molecule has 1 aliphatic rings. The number of amides is 1. The maximum Gasteiger partial charge on any atom is 0.305 e. The van der Waals surface area contributed by atoms with Crippen molar-refractivity contribution in [2.45, 2.75) is 12.5 Å². The molecule has 1 heterocycles. The number of halogens is 2. The summed E-state index contributed by atoms with van der Waals surface area (Å²) in [7, 11) is 0. The number of nitro groups is 1. The molecule has 0 unspecified atom stereocenters. The number of β-amino-alcohol motifs (C(OH)–C–C–N with tert-alkyl or cyclic N) is 1. The van der Waals surface area contributed by atoms with Gasteiger partial charge in [-0.1, -0.05) is 0 Å². The van der Waals surface area contributed by atoms with E-state index < -0.39 is 39.8 Å². The van der Waals surface area contributed by atoms with Gasteiger partial charge in [0.25, 0.3) is 5.91 Å². The maximum absolute atomic E-state index is 13.8. The molecule has 1 atom stereocenters. The Morgan fingerprint density at radius 1 is 1.47 bits per heavy atom. The second-order valence-electron chi connectivity index (χ2n) is 4.21. The zero-order chi connectivity index (χ0) is 14.2. The van der Waals surface area contributed by atoms with E-state index in [-0.39, 0.29) is 13.1 Å². The molecule has 1 fully saturated rings. The zero-order valence-corrected chi connectivity index (χ0v) is 9.68. The molecular weight excluding hydrogens is 262 g/mol. The molecular formula is C11H10F2N2O4. The minimum absolute atomic E-state index is 0.0413. The number of hydrogen-bond acceptors (Lipinski definition) is 4. The van der Waals surface area contributed by atoms with Gasteiger partial charge in [-0.3, -0.25) is 14.9 Å². The van der Waals surface area contributed by atoms with Crippen LogP contribution in [0.4, 0.5) is 14.5 Å². The molecule has 0 spiro atoms. The lowest BCUT2D eigenvalue weighted by Crippen LogP contribution is -2.31. The fraction of sp³-hybridized carbons (Fsp3) is 0.364. The Labute approximate surface area is 106 Å². The molecule has 102 valence electrons. The number of carbonyl (C=O) groups is 1. The predicted octanol–water partition coefficient (Wildman–Crippen LogP) is 1.08. The fourth-order valence-corrected chi connectivity index (χ4v) is 1.96. The molecule has 1 saturated heterocycles. The van der Waals surface area contributed by atoms with Gasteiger partial charge >= 0.3 is 5.69 Å². The second-order valence-corrected chi connectivity index (χ2v) is 4.21. The van der Waals surface area contributed by atoms with E-state index in [0.717, 1.165) is 4.90 Å². The number of hydrogen-bond donors (Lipinski definition) is 1. The van der Waals surface area contributed by atoms with Gasteiger partial charge in [-0.2, -0.15) is 4.39 Å². The summed E-state index contributed by atoms with van der Waals surface area (Å²) < 4.78 is 27.3. The summed E-state index contributed by atoms with van der Waals surface area (Å²) in [6.07, 6.45) is -0.432. The molecule has 6 nitrogen and oxygen atoms in total. The van der Waals surface area contributed by atoms with Gasteiger partial charge in [-0.25, -0.2) is 4.39 Å². The first-order valence-electron chi connectivity index (χ1n) is 5.51. The van der Waals surface area contributed by atoms with Crippen LogP contribution < -0.4 is 0 Å². The van der Waals surface area contributed by atoms with Crippen LogP contribution >= 0.6 is 0 Å². The lowest BCUT2D eigenvalue weighted by atomic mass is 10.1. The van der Waals surface area contributed by atoms with Gasteiger partial charge in [0.05, 0.1) is 11.0 Å². The molecule has 1 amide bonds. The Bertz CT molecular complexity index is 550. The molecule has 0 aromatic heterocycles. The van der Waals surface area contributed by atoms with Crippen molar-refractivity contribution in [1.29, 1.82) is 0 Å². The van der Waals surface area contributed by atoms with Crippen LogP contribution in [0, 0.1) is 21.7 Å². The van der Waals surface area contributed by atoms with Gasteiger partial charge in [0.2, 0.25) is 5.82 Å². The molecule has 1 aromatic rings. The minimum atomic E-state index is -1.49. The SMILES string of the molecule is O=C(c1c(F)ccc([N+](=O)[O-])c1F)N1CC[C@@H](O)C1. The van der Waals surface area contributed by atoms with Crippen LogP contribution in [0.15, 0.2) is 12.1 Å². The van der Waals surface area contributed by atoms with Crippen LogP contribution in [0.1, 0.15) is 16.8 Å². The maximum atomic E-state index is 13.8. The highest BCUT2D eigenvalue weighted by Gasteiger charge is 2.32. The Morgan fingerprint density at radius 2 is 2.16 bits per heavy atom. The predicted molar refractivity (Wildman–Crippen MR) is 59.5 cm³/mol. The molecule has 2 rings (SSSR count). The molecule has 0 saturated carbocycles. The summed E-state index contributed by atoms with van der Waals surface area (Å²) in [5.41, 5.74) is -1.91. The van der Waals surface area contributed by atoms with Crippen LogP contribution in [-0.4, -0.2) is 40.0 Å². The van der Waals surface area contributed by atoms with Crippen molar-refractivity contribution in [2.24, 2.45) is 0 Å². The molecule has 0 radical (unpaired) electrons. The minimum Gasteiger partial charge on any atom is -0.391 e. The average molecular weight is 272 g/mol. The van der Waals surface area contributed by atoms with E-state index in [4.69, 9.17) is 0 Å². The van der Waals surface area contributed by atoms with E-state index in [1.165, 1.54) is 0 Å². The van der Waals surface area contributed by atoms with Crippen LogP contribution in [0.25, 0.3) is 0 Å². The van der Waals surface area contributed by atoms with Crippen molar-refractivity contribution in [3.05, 3.63) is 39.4 Å². The standard InChI is InChI=1S/C11H10F2N2O4/c12-7-1-2-8(15(18)19)10(13)9(7)11(17)14-4-3-6(16)5-14/h1-2,6,16H,3-5H2/t6-/m1/s1. The Morgan fingerprint density at radius 3 is 2.68 bits per heavy atom. The highest BCUT2D eigenvalue weighted by atomic mass is 19.1. The lowest BCUT2D eigenvalue weighted by molar-refractivity contribution is -0.387. The van der Waals surface area contributed by atoms with Gasteiger partial charge in [-0.15, -0.1) is 0 Å². The third-order valence-corrected chi connectivity index (χ3v) is 2.93. The first-order valence-corrected chi connectivity index (χ1v) is 5.51. The van der Waals surface area contributed by atoms with E-state index in [0.29, 0.717) is 18.6 Å². The topological polar surface area (TPSA) is 83.7 Å². The van der Waals surface area contributed by atoms with Crippen LogP contribution in [0.5, 0.6) is 0 Å². The number of aliphatic hydroxyl groups is 1. The average Bonchev–Trinajstić information content (AvgIpc) is 2.75. The molecule has 19 heavy (non-hydrogen) atoms. The number of benzene rings is 1. The van der Waals surface area contributed by atoms with Crippen molar-refractivity contribution >= 4 is 11.6 Å². The fourth-order valence-electron chi connectivity index (χ4n) is 1.96. The van der Waals surface area contributed by atoms with Gasteiger partial charge in [-0.05, 0) is 12.5 Å². The van der Waals surface area contributed by atoms with Crippen molar-refractivity contribution in [2.75, 3.05) is 13.1 Å². The Balaban J connectivity index is 2.41. The Hall–Kier alpha value is -2.09. The number of rotatable bonds is 2. The molecule has 1 aromatic carbocycles. The van der Waals surface area contributed by atoms with Crippen LogP contribution in [-0.2, 0) is 0 Å². The van der Waals surface area contributed by atoms with E-state index >= 15 is 0 Å². The molecule has 1 N–H and O–H groups in total. The van der Waals surface area contributed by atoms with Crippen molar-refractivity contribution in [3.8, 4) is 0 Å². The number of likely N-dealkylation sites (tertiary alicyclic amines) is 1. The third kappa shape index (κ3) is 2.39. The summed E-state index contributed by atoms with van der Waals surface area (Å²) in [5, 5.41) is 19.8.